The van der Waals surface area contributed by atoms with Crippen LogP contribution in [0.2, 0.25) is 0 Å². The Labute approximate surface area is 160 Å². The molecular formula is C16H12F3N5O3S. The van der Waals surface area contributed by atoms with Crippen LogP contribution in [-0.2, 0) is 4.79 Å². The normalized spacial score (nSPS) is 11.2. The number of nitrogens with zero attached hydrogens (tertiary/aromatic N) is 4. The third kappa shape index (κ3) is 5.36. The fourth-order valence-electron chi connectivity index (χ4n) is 2.09. The van der Waals surface area contributed by atoms with Gasteiger partial charge in [-0.3, -0.25) is 4.79 Å². The summed E-state index contributed by atoms with van der Waals surface area (Å²) in [4.78, 5) is 12.1. The number of nitrogens with one attached hydrogen (secondary N) is 1. The average molecular weight is 411 g/mol. The minimum absolute atomic E-state index is 0.0285. The van der Waals surface area contributed by atoms with Crippen molar-refractivity contribution in [3.05, 3.63) is 48.5 Å². The maximum Gasteiger partial charge on any atom is 0.573 e. The van der Waals surface area contributed by atoms with Crippen molar-refractivity contribution >= 4 is 23.4 Å². The molecule has 8 nitrogen and oxygen atoms in total. The molecular weight excluding hydrogens is 399 g/mol. The summed E-state index contributed by atoms with van der Waals surface area (Å²) in [6.45, 7) is 0. The van der Waals surface area contributed by atoms with Crippen LogP contribution >= 0.6 is 11.8 Å². The van der Waals surface area contributed by atoms with Gasteiger partial charge >= 0.3 is 6.36 Å². The van der Waals surface area contributed by atoms with E-state index in [1.165, 1.54) is 28.9 Å². The molecule has 2 N–H and O–H groups in total. The zero-order valence-electron chi connectivity index (χ0n) is 13.9. The third-order valence-electron chi connectivity index (χ3n) is 3.24. The summed E-state index contributed by atoms with van der Waals surface area (Å²) in [5, 5.41) is 23.5. The first-order valence-electron chi connectivity index (χ1n) is 7.66. The van der Waals surface area contributed by atoms with E-state index in [0.29, 0.717) is 16.5 Å². The molecule has 0 aliphatic heterocycles. The van der Waals surface area contributed by atoms with Crippen molar-refractivity contribution in [3.8, 4) is 17.2 Å². The lowest BCUT2D eigenvalue weighted by Gasteiger charge is -2.10. The first kappa shape index (κ1) is 19.5. The van der Waals surface area contributed by atoms with E-state index in [9.17, 15) is 23.1 Å². The molecule has 0 unspecified atom stereocenters. The zero-order chi connectivity index (χ0) is 20.1. The SMILES string of the molecule is O=C(CSc1nnnn1-c1ccc(O)cc1)Nc1ccc(OC(F)(F)F)cc1. The van der Waals surface area contributed by atoms with Crippen LogP contribution in [0.4, 0.5) is 18.9 Å². The Bertz CT molecular complexity index is 945. The fourth-order valence-corrected chi connectivity index (χ4v) is 2.78. The van der Waals surface area contributed by atoms with Crippen molar-refractivity contribution in [2.24, 2.45) is 0 Å². The van der Waals surface area contributed by atoms with Crippen LogP contribution in [0.25, 0.3) is 5.69 Å². The Hall–Kier alpha value is -3.28. The van der Waals surface area contributed by atoms with Crippen LogP contribution in [-0.4, -0.2) is 43.3 Å². The molecule has 0 fully saturated rings. The van der Waals surface area contributed by atoms with E-state index in [0.717, 1.165) is 23.9 Å². The van der Waals surface area contributed by atoms with Gasteiger partial charge in [0.2, 0.25) is 11.1 Å². The lowest BCUT2D eigenvalue weighted by molar-refractivity contribution is -0.274. The van der Waals surface area contributed by atoms with E-state index in [1.54, 1.807) is 12.1 Å². The number of carbonyl (C=O) groups is 1. The maximum atomic E-state index is 12.1. The lowest BCUT2D eigenvalue weighted by atomic mass is 10.3. The number of ether oxygens (including phenoxy) is 1. The third-order valence-corrected chi connectivity index (χ3v) is 4.16. The molecule has 3 aromatic rings. The molecule has 1 aromatic heterocycles. The van der Waals surface area contributed by atoms with Crippen molar-refractivity contribution in [1.29, 1.82) is 0 Å². The number of halogens is 3. The van der Waals surface area contributed by atoms with Gasteiger partial charge in [0.25, 0.3) is 0 Å². The van der Waals surface area contributed by atoms with E-state index in [4.69, 9.17) is 0 Å². The highest BCUT2D eigenvalue weighted by atomic mass is 32.2. The van der Waals surface area contributed by atoms with Crippen molar-refractivity contribution in [3.63, 3.8) is 0 Å². The molecule has 146 valence electrons. The van der Waals surface area contributed by atoms with Crippen molar-refractivity contribution in [1.82, 2.24) is 20.2 Å². The Morgan fingerprint density at radius 1 is 1.14 bits per heavy atom. The van der Waals surface area contributed by atoms with Gasteiger partial charge in [0.1, 0.15) is 11.5 Å². The predicted molar refractivity (Wildman–Crippen MR) is 93.3 cm³/mol. The monoisotopic (exact) mass is 411 g/mol. The zero-order valence-corrected chi connectivity index (χ0v) is 14.7. The molecule has 1 heterocycles. The summed E-state index contributed by atoms with van der Waals surface area (Å²) < 4.78 is 41.6. The number of alkyl halides is 3. The minimum atomic E-state index is -4.77. The number of amides is 1. The van der Waals surface area contributed by atoms with Gasteiger partial charge in [0.05, 0.1) is 11.4 Å². The fraction of sp³-hybridized carbons (Fsp3) is 0.125. The Morgan fingerprint density at radius 2 is 1.82 bits per heavy atom. The first-order chi connectivity index (χ1) is 13.3. The number of tetrazole rings is 1. The lowest BCUT2D eigenvalue weighted by Crippen LogP contribution is -2.17. The molecule has 1 amide bonds. The van der Waals surface area contributed by atoms with E-state index in [1.807, 2.05) is 0 Å². The van der Waals surface area contributed by atoms with Crippen molar-refractivity contribution in [2.45, 2.75) is 11.5 Å². The van der Waals surface area contributed by atoms with Gasteiger partial charge in [0.15, 0.2) is 0 Å². The highest BCUT2D eigenvalue weighted by Crippen LogP contribution is 2.24. The van der Waals surface area contributed by atoms with Crippen molar-refractivity contribution in [2.75, 3.05) is 11.1 Å². The van der Waals surface area contributed by atoms with E-state index < -0.39 is 12.3 Å². The minimum Gasteiger partial charge on any atom is -0.508 e. The number of phenols is 1. The molecule has 0 aliphatic carbocycles. The molecule has 28 heavy (non-hydrogen) atoms. The molecule has 0 radical (unpaired) electrons. The summed E-state index contributed by atoms with van der Waals surface area (Å²) in [5.74, 6) is -0.709. The van der Waals surface area contributed by atoms with Crippen LogP contribution in [0.1, 0.15) is 0 Å². The van der Waals surface area contributed by atoms with E-state index in [-0.39, 0.29) is 17.3 Å². The van der Waals surface area contributed by atoms with Gasteiger partial charge in [-0.2, -0.15) is 4.68 Å². The van der Waals surface area contributed by atoms with Crippen LogP contribution < -0.4 is 10.1 Å². The number of thioether (sulfide) groups is 1. The standard InChI is InChI=1S/C16H12F3N5O3S/c17-16(18,19)27-13-7-1-10(2-8-13)20-14(26)9-28-15-21-22-23-24(15)11-3-5-12(25)6-4-11/h1-8,25H,9H2,(H,20,26). The van der Waals surface area contributed by atoms with Gasteiger partial charge in [0, 0.05) is 5.69 Å². The topological polar surface area (TPSA) is 102 Å². The molecule has 0 spiro atoms. The predicted octanol–water partition coefficient (Wildman–Crippen LogP) is 3.00. The molecule has 0 saturated carbocycles. The van der Waals surface area contributed by atoms with Crippen LogP contribution in [0, 0.1) is 0 Å². The average Bonchev–Trinajstić information content (AvgIpc) is 3.10. The van der Waals surface area contributed by atoms with Gasteiger partial charge < -0.3 is 15.2 Å². The number of benzene rings is 2. The molecule has 12 heteroatoms. The number of hydrogen-bond acceptors (Lipinski definition) is 7. The summed E-state index contributed by atoms with van der Waals surface area (Å²) in [6, 6.07) is 11.0. The van der Waals surface area contributed by atoms with Gasteiger partial charge in [-0.15, -0.1) is 18.3 Å². The highest BCUT2D eigenvalue weighted by Gasteiger charge is 2.30. The number of anilines is 1. The van der Waals surface area contributed by atoms with Gasteiger partial charge in [-0.1, -0.05) is 11.8 Å². The molecule has 0 atom stereocenters. The number of phenolic OH excluding ortho intramolecular Hbond substituents is 1. The second kappa shape index (κ2) is 8.17. The summed E-state index contributed by atoms with van der Waals surface area (Å²) in [6.07, 6.45) is -4.77. The van der Waals surface area contributed by atoms with Gasteiger partial charge in [-0.25, -0.2) is 0 Å². The molecule has 0 saturated heterocycles. The second-order valence-corrected chi connectivity index (χ2v) is 6.24. The van der Waals surface area contributed by atoms with Crippen LogP contribution in [0.3, 0.4) is 0 Å². The molecule has 0 aliphatic rings. The van der Waals surface area contributed by atoms with Crippen LogP contribution in [0.5, 0.6) is 11.5 Å². The maximum absolute atomic E-state index is 12.1. The number of aromatic nitrogens is 4. The Kier molecular flexibility index (Phi) is 5.68. The van der Waals surface area contributed by atoms with Crippen molar-refractivity contribution < 1.29 is 27.8 Å². The van der Waals surface area contributed by atoms with E-state index >= 15 is 0 Å². The summed E-state index contributed by atoms with van der Waals surface area (Å²) >= 11 is 1.07. The number of rotatable bonds is 6. The second-order valence-electron chi connectivity index (χ2n) is 5.30. The van der Waals surface area contributed by atoms with Crippen LogP contribution in [0.15, 0.2) is 53.7 Å². The largest absolute Gasteiger partial charge is 0.573 e. The molecule has 0 bridgehead atoms. The highest BCUT2D eigenvalue weighted by molar-refractivity contribution is 7.99. The number of hydrogen-bond donors (Lipinski definition) is 2. The quantitative estimate of drug-likeness (QED) is 0.601. The Morgan fingerprint density at radius 3 is 2.46 bits per heavy atom. The number of carbonyl (C=O) groups excluding carboxylic acids is 1. The van der Waals surface area contributed by atoms with E-state index in [2.05, 4.69) is 25.6 Å². The summed E-state index contributed by atoms with van der Waals surface area (Å²) in [5.41, 5.74) is 0.921. The smallest absolute Gasteiger partial charge is 0.508 e. The first-order valence-corrected chi connectivity index (χ1v) is 8.65. The van der Waals surface area contributed by atoms with Gasteiger partial charge in [-0.05, 0) is 59.0 Å². The Balaban J connectivity index is 1.57. The molecule has 2 aromatic carbocycles. The number of aromatic hydroxyl groups is 1. The summed E-state index contributed by atoms with van der Waals surface area (Å²) in [7, 11) is 0. The molecule has 3 rings (SSSR count).